The number of nitrogens with one attached hydrogen (secondary N) is 1. The molecule has 0 radical (unpaired) electrons. The lowest BCUT2D eigenvalue weighted by molar-refractivity contribution is -0.385. The van der Waals surface area contributed by atoms with E-state index in [4.69, 9.17) is 4.74 Å². The number of nitro benzene ring substituents is 1. The van der Waals surface area contributed by atoms with Gasteiger partial charge in [0.1, 0.15) is 5.82 Å². The summed E-state index contributed by atoms with van der Waals surface area (Å²) in [5, 5.41) is 13.9. The van der Waals surface area contributed by atoms with Crippen molar-refractivity contribution in [3.8, 4) is 5.75 Å². The zero-order valence-electron chi connectivity index (χ0n) is 10.5. The van der Waals surface area contributed by atoms with Crippen LogP contribution in [0, 0.1) is 15.9 Å². The highest BCUT2D eigenvalue weighted by atomic mass is 19.1. The molecule has 0 spiro atoms. The Balaban J connectivity index is 2.50. The van der Waals surface area contributed by atoms with Crippen molar-refractivity contribution in [2.24, 2.45) is 0 Å². The maximum atomic E-state index is 13.0. The molecular formula is C12H17FN2O3. The molecule has 0 fully saturated rings. The minimum atomic E-state index is -0.582. The van der Waals surface area contributed by atoms with Crippen LogP contribution in [0.3, 0.4) is 0 Å². The Morgan fingerprint density at radius 3 is 2.83 bits per heavy atom. The highest BCUT2D eigenvalue weighted by molar-refractivity contribution is 5.46. The molecular weight excluding hydrogens is 239 g/mol. The van der Waals surface area contributed by atoms with E-state index in [1.54, 1.807) is 0 Å². The molecule has 0 unspecified atom stereocenters. The summed E-state index contributed by atoms with van der Waals surface area (Å²) in [5.41, 5.74) is -0.215. The Morgan fingerprint density at radius 1 is 1.50 bits per heavy atom. The van der Waals surface area contributed by atoms with Gasteiger partial charge in [-0.2, -0.15) is 0 Å². The SMILES string of the molecule is CC(C)NCCCOc1cc(F)ccc1[N+](=O)[O-]. The fraction of sp³-hybridized carbons (Fsp3) is 0.500. The quantitative estimate of drug-likeness (QED) is 0.462. The van der Waals surface area contributed by atoms with Gasteiger partial charge in [-0.15, -0.1) is 0 Å². The number of benzene rings is 1. The number of nitro groups is 1. The first-order valence-electron chi connectivity index (χ1n) is 5.81. The Hall–Kier alpha value is -1.69. The van der Waals surface area contributed by atoms with Gasteiger partial charge >= 0.3 is 5.69 Å². The Labute approximate surface area is 105 Å². The third-order valence-electron chi connectivity index (χ3n) is 2.25. The summed E-state index contributed by atoms with van der Waals surface area (Å²) in [5.74, 6) is -0.569. The number of halogens is 1. The predicted molar refractivity (Wildman–Crippen MR) is 66.3 cm³/mol. The normalized spacial score (nSPS) is 10.7. The van der Waals surface area contributed by atoms with Gasteiger partial charge < -0.3 is 10.1 Å². The summed E-state index contributed by atoms with van der Waals surface area (Å²) in [6.07, 6.45) is 0.700. The van der Waals surface area contributed by atoms with Crippen molar-refractivity contribution in [3.05, 3.63) is 34.1 Å². The van der Waals surface area contributed by atoms with Crippen molar-refractivity contribution < 1.29 is 14.1 Å². The lowest BCUT2D eigenvalue weighted by Crippen LogP contribution is -2.24. The zero-order valence-corrected chi connectivity index (χ0v) is 10.5. The second-order valence-electron chi connectivity index (χ2n) is 4.18. The van der Waals surface area contributed by atoms with Crippen LogP contribution >= 0.6 is 0 Å². The van der Waals surface area contributed by atoms with Crippen molar-refractivity contribution in [3.63, 3.8) is 0 Å². The Morgan fingerprint density at radius 2 is 2.22 bits per heavy atom. The molecule has 100 valence electrons. The lowest BCUT2D eigenvalue weighted by atomic mass is 10.3. The van der Waals surface area contributed by atoms with Gasteiger partial charge in [0.05, 0.1) is 11.5 Å². The van der Waals surface area contributed by atoms with Crippen LogP contribution in [-0.4, -0.2) is 24.1 Å². The van der Waals surface area contributed by atoms with Gasteiger partial charge in [0.2, 0.25) is 0 Å². The lowest BCUT2D eigenvalue weighted by Gasteiger charge is -2.09. The predicted octanol–water partition coefficient (Wildman–Crippen LogP) is 2.50. The zero-order chi connectivity index (χ0) is 13.5. The summed E-state index contributed by atoms with van der Waals surface area (Å²) in [7, 11) is 0. The third kappa shape index (κ3) is 4.67. The van der Waals surface area contributed by atoms with E-state index in [0.717, 1.165) is 24.7 Å². The summed E-state index contributed by atoms with van der Waals surface area (Å²) in [6, 6.07) is 3.57. The molecule has 0 aromatic heterocycles. The van der Waals surface area contributed by atoms with E-state index in [1.165, 1.54) is 0 Å². The van der Waals surface area contributed by atoms with E-state index in [2.05, 4.69) is 5.32 Å². The highest BCUT2D eigenvalue weighted by Gasteiger charge is 2.15. The van der Waals surface area contributed by atoms with E-state index in [0.29, 0.717) is 19.1 Å². The molecule has 0 saturated carbocycles. The maximum absolute atomic E-state index is 13.0. The molecule has 0 heterocycles. The summed E-state index contributed by atoms with van der Waals surface area (Å²) >= 11 is 0. The van der Waals surface area contributed by atoms with Crippen LogP contribution in [0.2, 0.25) is 0 Å². The fourth-order valence-corrected chi connectivity index (χ4v) is 1.40. The monoisotopic (exact) mass is 256 g/mol. The minimum Gasteiger partial charge on any atom is -0.487 e. The first kappa shape index (κ1) is 14.4. The van der Waals surface area contributed by atoms with Gasteiger partial charge in [0.15, 0.2) is 5.75 Å². The van der Waals surface area contributed by atoms with Gasteiger partial charge in [0, 0.05) is 18.2 Å². The van der Waals surface area contributed by atoms with Gasteiger partial charge in [-0.3, -0.25) is 10.1 Å². The summed E-state index contributed by atoms with van der Waals surface area (Å²) < 4.78 is 18.2. The molecule has 0 atom stereocenters. The van der Waals surface area contributed by atoms with Crippen molar-refractivity contribution in [1.82, 2.24) is 5.32 Å². The molecule has 18 heavy (non-hydrogen) atoms. The molecule has 0 aliphatic carbocycles. The van der Waals surface area contributed by atoms with E-state index in [1.807, 2.05) is 13.8 Å². The molecule has 0 aliphatic heterocycles. The van der Waals surface area contributed by atoms with E-state index < -0.39 is 10.7 Å². The van der Waals surface area contributed by atoms with Crippen LogP contribution in [0.1, 0.15) is 20.3 Å². The Kier molecular flexibility index (Phi) is 5.51. The van der Waals surface area contributed by atoms with Gasteiger partial charge in [-0.1, -0.05) is 13.8 Å². The molecule has 0 amide bonds. The molecule has 1 aromatic rings. The molecule has 1 aromatic carbocycles. The summed E-state index contributed by atoms with van der Waals surface area (Å²) in [4.78, 5) is 10.1. The van der Waals surface area contributed by atoms with Crippen molar-refractivity contribution in [2.45, 2.75) is 26.3 Å². The first-order valence-corrected chi connectivity index (χ1v) is 5.81. The highest BCUT2D eigenvalue weighted by Crippen LogP contribution is 2.27. The second-order valence-corrected chi connectivity index (χ2v) is 4.18. The molecule has 5 nitrogen and oxygen atoms in total. The van der Waals surface area contributed by atoms with Crippen LogP contribution in [0.25, 0.3) is 0 Å². The largest absolute Gasteiger partial charge is 0.487 e. The minimum absolute atomic E-state index is 0.0236. The standard InChI is InChI=1S/C12H17FN2O3/c1-9(2)14-6-3-7-18-12-8-10(13)4-5-11(12)15(16)17/h4-5,8-9,14H,3,6-7H2,1-2H3. The van der Waals surface area contributed by atoms with Crippen LogP contribution in [0.5, 0.6) is 5.75 Å². The smallest absolute Gasteiger partial charge is 0.311 e. The fourth-order valence-electron chi connectivity index (χ4n) is 1.40. The number of ether oxygens (including phenoxy) is 1. The van der Waals surface area contributed by atoms with Crippen molar-refractivity contribution >= 4 is 5.69 Å². The average molecular weight is 256 g/mol. The van der Waals surface area contributed by atoms with Crippen LogP contribution in [0.15, 0.2) is 18.2 Å². The van der Waals surface area contributed by atoms with Crippen molar-refractivity contribution in [2.75, 3.05) is 13.2 Å². The number of nitrogens with zero attached hydrogens (tertiary/aromatic N) is 1. The maximum Gasteiger partial charge on any atom is 0.311 e. The molecule has 0 aliphatic rings. The van der Waals surface area contributed by atoms with E-state index in [-0.39, 0.29) is 11.4 Å². The van der Waals surface area contributed by atoms with Gasteiger partial charge in [-0.05, 0) is 19.0 Å². The third-order valence-corrected chi connectivity index (χ3v) is 2.25. The molecule has 1 rings (SSSR count). The molecule has 0 bridgehead atoms. The number of hydrogen-bond donors (Lipinski definition) is 1. The number of hydrogen-bond acceptors (Lipinski definition) is 4. The number of rotatable bonds is 7. The van der Waals surface area contributed by atoms with Gasteiger partial charge in [0.25, 0.3) is 0 Å². The summed E-state index contributed by atoms with van der Waals surface area (Å²) in [6.45, 7) is 5.11. The van der Waals surface area contributed by atoms with Crippen LogP contribution in [0.4, 0.5) is 10.1 Å². The topological polar surface area (TPSA) is 64.4 Å². The first-order chi connectivity index (χ1) is 8.50. The van der Waals surface area contributed by atoms with E-state index >= 15 is 0 Å². The molecule has 1 N–H and O–H groups in total. The van der Waals surface area contributed by atoms with Crippen molar-refractivity contribution in [1.29, 1.82) is 0 Å². The van der Waals surface area contributed by atoms with E-state index in [9.17, 15) is 14.5 Å². The second kappa shape index (κ2) is 6.90. The molecule has 0 saturated heterocycles. The Bertz CT molecular complexity index is 410. The van der Waals surface area contributed by atoms with Crippen LogP contribution in [-0.2, 0) is 0 Å². The van der Waals surface area contributed by atoms with Gasteiger partial charge in [-0.25, -0.2) is 4.39 Å². The average Bonchev–Trinajstić information content (AvgIpc) is 2.27. The van der Waals surface area contributed by atoms with Crippen LogP contribution < -0.4 is 10.1 Å². The molecule has 6 heteroatoms.